The summed E-state index contributed by atoms with van der Waals surface area (Å²) in [5, 5.41) is 0. The number of nitrogens with one attached hydrogen (secondary N) is 1. The van der Waals surface area contributed by atoms with Crippen molar-refractivity contribution in [3.05, 3.63) is 69.7 Å². The van der Waals surface area contributed by atoms with Crippen LogP contribution in [-0.2, 0) is 28.9 Å². The average molecular weight is 423 g/mol. The van der Waals surface area contributed by atoms with Gasteiger partial charge in [0, 0.05) is 17.6 Å². The minimum atomic E-state index is -3.38. The number of rotatable bonds is 7. The first-order valence-corrected chi connectivity index (χ1v) is 11.0. The Morgan fingerprint density at radius 3 is 2.44 bits per heavy atom. The highest BCUT2D eigenvalue weighted by Gasteiger charge is 2.15. The van der Waals surface area contributed by atoms with Gasteiger partial charge < -0.3 is 0 Å². The van der Waals surface area contributed by atoms with Gasteiger partial charge in [-0.15, -0.1) is 0 Å². The molecule has 0 amide bonds. The summed E-state index contributed by atoms with van der Waals surface area (Å²) in [4.78, 5) is 2.43. The van der Waals surface area contributed by atoms with E-state index in [0.29, 0.717) is 6.54 Å². The third-order valence-corrected chi connectivity index (χ3v) is 6.23. The van der Waals surface area contributed by atoms with Crippen molar-refractivity contribution in [2.24, 2.45) is 0 Å². The fourth-order valence-electron chi connectivity index (χ4n) is 3.15. The lowest BCUT2D eigenvalue weighted by atomic mass is 10.1. The van der Waals surface area contributed by atoms with Gasteiger partial charge >= 0.3 is 0 Å². The fourth-order valence-corrected chi connectivity index (χ4v) is 4.69. The number of hydrogen-bond acceptors (Lipinski definition) is 3. The van der Waals surface area contributed by atoms with E-state index in [-0.39, 0.29) is 5.75 Å². The van der Waals surface area contributed by atoms with E-state index in [1.165, 1.54) is 18.4 Å². The molecule has 25 heavy (non-hydrogen) atoms. The number of hydrogen-bond donors (Lipinski definition) is 1. The van der Waals surface area contributed by atoms with Crippen molar-refractivity contribution in [2.75, 3.05) is 13.1 Å². The number of benzene rings is 2. The van der Waals surface area contributed by atoms with Gasteiger partial charge in [-0.2, -0.15) is 0 Å². The summed E-state index contributed by atoms with van der Waals surface area (Å²) in [6.07, 6.45) is 2.50. The maximum Gasteiger partial charge on any atom is 0.216 e. The van der Waals surface area contributed by atoms with Crippen molar-refractivity contribution in [3.63, 3.8) is 0 Å². The van der Waals surface area contributed by atoms with Crippen molar-refractivity contribution < 1.29 is 8.42 Å². The molecule has 3 rings (SSSR count). The molecular weight excluding hydrogens is 400 g/mol. The van der Waals surface area contributed by atoms with Crippen LogP contribution in [0.1, 0.15) is 29.5 Å². The topological polar surface area (TPSA) is 49.4 Å². The minimum Gasteiger partial charge on any atom is -0.299 e. The largest absolute Gasteiger partial charge is 0.299 e. The van der Waals surface area contributed by atoms with E-state index >= 15 is 0 Å². The van der Waals surface area contributed by atoms with Gasteiger partial charge in [0.05, 0.1) is 5.75 Å². The Kier molecular flexibility index (Phi) is 6.28. The molecule has 1 aliphatic rings. The maximum atomic E-state index is 12.4. The smallest absolute Gasteiger partial charge is 0.216 e. The molecule has 0 aliphatic carbocycles. The highest BCUT2D eigenvalue weighted by atomic mass is 79.9. The Morgan fingerprint density at radius 2 is 1.72 bits per heavy atom. The molecule has 0 aromatic heterocycles. The predicted octanol–water partition coefficient (Wildman–Crippen LogP) is 3.66. The predicted molar refractivity (Wildman–Crippen MR) is 105 cm³/mol. The molecule has 1 fully saturated rings. The van der Waals surface area contributed by atoms with Gasteiger partial charge in [0.25, 0.3) is 0 Å². The minimum absolute atomic E-state index is 0.0132. The number of sulfonamides is 1. The molecular formula is C19H23BrN2O2S. The Bertz CT molecular complexity index is 818. The average Bonchev–Trinajstić information content (AvgIpc) is 3.07. The van der Waals surface area contributed by atoms with Crippen LogP contribution in [0.4, 0.5) is 0 Å². The fraction of sp³-hybridized carbons (Fsp3) is 0.368. The standard InChI is InChI=1S/C19H23BrN2O2S/c20-19-9-5-6-16(12-19)15-25(23,24)21-13-17-7-1-2-8-18(17)14-22-10-3-4-11-22/h1-2,5-9,12,21H,3-4,10-11,13-15H2. The molecule has 1 N–H and O–H groups in total. The third kappa shape index (κ3) is 5.64. The van der Waals surface area contributed by atoms with Crippen molar-refractivity contribution in [1.82, 2.24) is 9.62 Å². The SMILES string of the molecule is O=S(=O)(Cc1cccc(Br)c1)NCc1ccccc1CN1CCCC1. The molecule has 0 saturated carbocycles. The second-order valence-electron chi connectivity index (χ2n) is 6.46. The molecule has 6 heteroatoms. The summed E-state index contributed by atoms with van der Waals surface area (Å²) in [5.74, 6) is -0.0132. The van der Waals surface area contributed by atoms with Gasteiger partial charge in [-0.25, -0.2) is 13.1 Å². The Labute approximate surface area is 158 Å². The summed E-state index contributed by atoms with van der Waals surface area (Å²) >= 11 is 3.38. The normalized spacial score (nSPS) is 15.6. The van der Waals surface area contributed by atoms with E-state index in [1.807, 2.05) is 42.5 Å². The lowest BCUT2D eigenvalue weighted by Gasteiger charge is -2.17. The molecule has 0 spiro atoms. The van der Waals surface area contributed by atoms with Gasteiger partial charge in [0.1, 0.15) is 0 Å². The first kappa shape index (κ1) is 18.6. The van der Waals surface area contributed by atoms with Crippen LogP contribution in [0.25, 0.3) is 0 Å². The molecule has 0 unspecified atom stereocenters. The highest BCUT2D eigenvalue weighted by molar-refractivity contribution is 9.10. The lowest BCUT2D eigenvalue weighted by Crippen LogP contribution is -2.26. The first-order valence-electron chi connectivity index (χ1n) is 8.53. The van der Waals surface area contributed by atoms with Crippen LogP contribution in [0.2, 0.25) is 0 Å². The van der Waals surface area contributed by atoms with E-state index in [4.69, 9.17) is 0 Å². The zero-order chi connectivity index (χ0) is 17.7. The van der Waals surface area contributed by atoms with Crippen LogP contribution in [0.3, 0.4) is 0 Å². The Balaban J connectivity index is 1.64. The monoisotopic (exact) mass is 422 g/mol. The Hall–Kier alpha value is -1.21. The Morgan fingerprint density at radius 1 is 1.00 bits per heavy atom. The van der Waals surface area contributed by atoms with Crippen molar-refractivity contribution in [2.45, 2.75) is 31.7 Å². The van der Waals surface area contributed by atoms with Crippen LogP contribution in [0.15, 0.2) is 53.0 Å². The summed E-state index contributed by atoms with van der Waals surface area (Å²) in [5.41, 5.74) is 3.02. The molecule has 2 aromatic carbocycles. The van der Waals surface area contributed by atoms with Gasteiger partial charge in [-0.05, 0) is 54.8 Å². The molecule has 0 atom stereocenters. The third-order valence-electron chi connectivity index (χ3n) is 4.44. The quantitative estimate of drug-likeness (QED) is 0.740. The molecule has 1 heterocycles. The van der Waals surface area contributed by atoms with Gasteiger partial charge in [-0.1, -0.05) is 52.3 Å². The van der Waals surface area contributed by atoms with Gasteiger partial charge in [0.15, 0.2) is 0 Å². The number of nitrogens with zero attached hydrogens (tertiary/aromatic N) is 1. The second kappa shape index (κ2) is 8.45. The number of likely N-dealkylation sites (tertiary alicyclic amines) is 1. The van der Waals surface area contributed by atoms with Crippen LogP contribution in [0.5, 0.6) is 0 Å². The van der Waals surface area contributed by atoms with Crippen LogP contribution >= 0.6 is 15.9 Å². The maximum absolute atomic E-state index is 12.4. The molecule has 4 nitrogen and oxygen atoms in total. The summed E-state index contributed by atoms with van der Waals surface area (Å²) in [6.45, 7) is 3.48. The van der Waals surface area contributed by atoms with E-state index < -0.39 is 10.0 Å². The lowest BCUT2D eigenvalue weighted by molar-refractivity contribution is 0.330. The molecule has 134 valence electrons. The second-order valence-corrected chi connectivity index (χ2v) is 9.18. The number of halogens is 1. The summed E-state index contributed by atoms with van der Waals surface area (Å²) < 4.78 is 28.4. The van der Waals surface area contributed by atoms with Gasteiger partial charge in [0.2, 0.25) is 10.0 Å². The molecule has 1 aliphatic heterocycles. The van der Waals surface area contributed by atoms with Crippen LogP contribution in [0, 0.1) is 0 Å². The van der Waals surface area contributed by atoms with Crippen molar-refractivity contribution in [3.8, 4) is 0 Å². The molecule has 1 saturated heterocycles. The zero-order valence-corrected chi connectivity index (χ0v) is 16.5. The van der Waals surface area contributed by atoms with E-state index in [2.05, 4.69) is 31.6 Å². The first-order chi connectivity index (χ1) is 12.0. The van der Waals surface area contributed by atoms with E-state index in [1.54, 1.807) is 0 Å². The van der Waals surface area contributed by atoms with Gasteiger partial charge in [-0.3, -0.25) is 4.90 Å². The van der Waals surface area contributed by atoms with Crippen molar-refractivity contribution in [1.29, 1.82) is 0 Å². The molecule has 0 bridgehead atoms. The summed E-state index contributed by atoms with van der Waals surface area (Å²) in [6, 6.07) is 15.5. The van der Waals surface area contributed by atoms with Crippen LogP contribution < -0.4 is 4.72 Å². The molecule has 0 radical (unpaired) electrons. The van der Waals surface area contributed by atoms with Crippen molar-refractivity contribution >= 4 is 26.0 Å². The highest BCUT2D eigenvalue weighted by Crippen LogP contribution is 2.17. The molecule has 2 aromatic rings. The van der Waals surface area contributed by atoms with E-state index in [0.717, 1.165) is 35.2 Å². The van der Waals surface area contributed by atoms with E-state index in [9.17, 15) is 8.42 Å². The van der Waals surface area contributed by atoms with Crippen LogP contribution in [-0.4, -0.2) is 26.4 Å². The summed E-state index contributed by atoms with van der Waals surface area (Å²) in [7, 11) is -3.38. The zero-order valence-electron chi connectivity index (χ0n) is 14.1.